The Kier molecular flexibility index (Phi) is 2.27. The summed E-state index contributed by atoms with van der Waals surface area (Å²) >= 11 is 0. The van der Waals surface area contributed by atoms with Crippen LogP contribution >= 0.6 is 0 Å². The number of aliphatic carboxylic acids is 1. The van der Waals surface area contributed by atoms with Crippen molar-refractivity contribution in [3.8, 4) is 0 Å². The topological polar surface area (TPSA) is 46.5 Å². The number of carboxylic acids is 1. The predicted molar refractivity (Wildman–Crippen MR) is 35.8 cm³/mol. The Morgan fingerprint density at radius 1 is 1.70 bits per heavy atom. The van der Waals surface area contributed by atoms with Gasteiger partial charge in [0.2, 0.25) is 0 Å². The summed E-state index contributed by atoms with van der Waals surface area (Å²) in [6, 6.07) is 0. The zero-order chi connectivity index (χ0) is 7.56. The first-order valence-corrected chi connectivity index (χ1v) is 3.56. The van der Waals surface area contributed by atoms with Crippen molar-refractivity contribution < 1.29 is 14.6 Å². The van der Waals surface area contributed by atoms with Gasteiger partial charge < -0.3 is 9.84 Å². The molecule has 1 saturated heterocycles. The van der Waals surface area contributed by atoms with Crippen molar-refractivity contribution in [3.05, 3.63) is 0 Å². The molecule has 0 spiro atoms. The van der Waals surface area contributed by atoms with E-state index in [1.165, 1.54) is 0 Å². The molecule has 1 fully saturated rings. The van der Waals surface area contributed by atoms with Gasteiger partial charge in [0, 0.05) is 6.61 Å². The van der Waals surface area contributed by atoms with Gasteiger partial charge in [-0.05, 0) is 18.8 Å². The van der Waals surface area contributed by atoms with Gasteiger partial charge >= 0.3 is 5.97 Å². The lowest BCUT2D eigenvalue weighted by Gasteiger charge is -2.25. The summed E-state index contributed by atoms with van der Waals surface area (Å²) in [6.45, 7) is 2.51. The highest BCUT2D eigenvalue weighted by Crippen LogP contribution is 2.19. The van der Waals surface area contributed by atoms with Gasteiger partial charge in [0.05, 0.1) is 0 Å². The molecule has 0 bridgehead atoms. The molecule has 58 valence electrons. The number of hydrogen-bond donors (Lipinski definition) is 1. The van der Waals surface area contributed by atoms with Crippen molar-refractivity contribution in [1.29, 1.82) is 0 Å². The molecule has 3 nitrogen and oxygen atoms in total. The van der Waals surface area contributed by atoms with Crippen LogP contribution in [-0.4, -0.2) is 23.8 Å². The van der Waals surface area contributed by atoms with Crippen LogP contribution in [0.1, 0.15) is 19.8 Å². The first-order chi connectivity index (χ1) is 4.72. The highest BCUT2D eigenvalue weighted by Gasteiger charge is 2.27. The van der Waals surface area contributed by atoms with E-state index in [0.717, 1.165) is 12.8 Å². The van der Waals surface area contributed by atoms with Crippen LogP contribution < -0.4 is 0 Å². The molecular formula is C7H12O3. The molecule has 10 heavy (non-hydrogen) atoms. The average Bonchev–Trinajstić information content (AvgIpc) is 1.88. The standard InChI is InChI=1S/C7H12O3/c1-5-3-2-4-10-6(5)7(8)9/h5-6H,2-4H2,1H3,(H,8,9). The summed E-state index contributed by atoms with van der Waals surface area (Å²) in [7, 11) is 0. The van der Waals surface area contributed by atoms with E-state index >= 15 is 0 Å². The van der Waals surface area contributed by atoms with Crippen LogP contribution in [0.25, 0.3) is 0 Å². The van der Waals surface area contributed by atoms with Crippen molar-refractivity contribution in [2.24, 2.45) is 5.92 Å². The van der Waals surface area contributed by atoms with Gasteiger partial charge in [-0.2, -0.15) is 0 Å². The minimum absolute atomic E-state index is 0.172. The number of carboxylic acid groups (broad SMARTS) is 1. The highest BCUT2D eigenvalue weighted by atomic mass is 16.5. The Morgan fingerprint density at radius 3 is 2.80 bits per heavy atom. The first-order valence-electron chi connectivity index (χ1n) is 3.56. The van der Waals surface area contributed by atoms with Crippen LogP contribution in [0.3, 0.4) is 0 Å². The summed E-state index contributed by atoms with van der Waals surface area (Å²) in [6.07, 6.45) is 1.40. The SMILES string of the molecule is CC1CCCOC1C(=O)O. The molecule has 0 aromatic rings. The van der Waals surface area contributed by atoms with E-state index in [1.54, 1.807) is 0 Å². The fourth-order valence-electron chi connectivity index (χ4n) is 1.25. The van der Waals surface area contributed by atoms with Crippen LogP contribution in [0.15, 0.2) is 0 Å². The molecule has 2 atom stereocenters. The molecule has 0 radical (unpaired) electrons. The Labute approximate surface area is 60.0 Å². The first kappa shape index (κ1) is 7.54. The molecule has 1 heterocycles. The Morgan fingerprint density at radius 2 is 2.40 bits per heavy atom. The van der Waals surface area contributed by atoms with E-state index in [4.69, 9.17) is 9.84 Å². The van der Waals surface area contributed by atoms with E-state index in [0.29, 0.717) is 6.61 Å². The molecule has 0 aliphatic carbocycles. The number of ether oxygens (including phenoxy) is 1. The summed E-state index contributed by atoms with van der Waals surface area (Å²) in [5, 5.41) is 8.58. The van der Waals surface area contributed by atoms with Crippen molar-refractivity contribution in [1.82, 2.24) is 0 Å². The molecular weight excluding hydrogens is 132 g/mol. The monoisotopic (exact) mass is 144 g/mol. The van der Waals surface area contributed by atoms with E-state index in [-0.39, 0.29) is 5.92 Å². The zero-order valence-electron chi connectivity index (χ0n) is 6.04. The van der Waals surface area contributed by atoms with Gasteiger partial charge in [-0.1, -0.05) is 6.92 Å². The third kappa shape index (κ3) is 1.48. The van der Waals surface area contributed by atoms with Crippen LogP contribution in [0.4, 0.5) is 0 Å². The number of rotatable bonds is 1. The predicted octanol–water partition coefficient (Wildman–Crippen LogP) is 0.886. The molecule has 1 aliphatic heterocycles. The van der Waals surface area contributed by atoms with Crippen LogP contribution in [-0.2, 0) is 9.53 Å². The second kappa shape index (κ2) is 3.01. The maximum absolute atomic E-state index is 10.4. The fraction of sp³-hybridized carbons (Fsp3) is 0.857. The minimum Gasteiger partial charge on any atom is -0.479 e. The Hall–Kier alpha value is -0.570. The maximum Gasteiger partial charge on any atom is 0.333 e. The van der Waals surface area contributed by atoms with E-state index < -0.39 is 12.1 Å². The third-order valence-electron chi connectivity index (χ3n) is 1.86. The number of carbonyl (C=O) groups is 1. The highest BCUT2D eigenvalue weighted by molar-refractivity contribution is 5.72. The largest absolute Gasteiger partial charge is 0.479 e. The van der Waals surface area contributed by atoms with Crippen molar-refractivity contribution in [2.75, 3.05) is 6.61 Å². The fourth-order valence-corrected chi connectivity index (χ4v) is 1.25. The van der Waals surface area contributed by atoms with Crippen molar-refractivity contribution in [2.45, 2.75) is 25.9 Å². The third-order valence-corrected chi connectivity index (χ3v) is 1.86. The van der Waals surface area contributed by atoms with Gasteiger partial charge in [0.25, 0.3) is 0 Å². The summed E-state index contributed by atoms with van der Waals surface area (Å²) in [5.41, 5.74) is 0. The van der Waals surface area contributed by atoms with Crippen molar-refractivity contribution >= 4 is 5.97 Å². The molecule has 0 amide bonds. The Bertz CT molecular complexity index is 133. The molecule has 2 unspecified atom stereocenters. The molecule has 0 aromatic heterocycles. The molecule has 3 heteroatoms. The molecule has 0 saturated carbocycles. The zero-order valence-corrected chi connectivity index (χ0v) is 6.04. The second-order valence-corrected chi connectivity index (χ2v) is 2.75. The van der Waals surface area contributed by atoms with Gasteiger partial charge in [0.1, 0.15) is 0 Å². The van der Waals surface area contributed by atoms with Crippen LogP contribution in [0.5, 0.6) is 0 Å². The lowest BCUT2D eigenvalue weighted by molar-refractivity contribution is -0.157. The quantitative estimate of drug-likeness (QED) is 0.594. The normalized spacial score (nSPS) is 33.7. The summed E-state index contributed by atoms with van der Waals surface area (Å²) in [4.78, 5) is 10.4. The van der Waals surface area contributed by atoms with Crippen molar-refractivity contribution in [3.63, 3.8) is 0 Å². The average molecular weight is 144 g/mol. The lowest BCUT2D eigenvalue weighted by atomic mass is 9.97. The van der Waals surface area contributed by atoms with Crippen LogP contribution in [0.2, 0.25) is 0 Å². The maximum atomic E-state index is 10.4. The smallest absolute Gasteiger partial charge is 0.333 e. The number of hydrogen-bond acceptors (Lipinski definition) is 2. The minimum atomic E-state index is -0.827. The summed E-state index contributed by atoms with van der Waals surface area (Å²) in [5.74, 6) is -0.654. The second-order valence-electron chi connectivity index (χ2n) is 2.75. The molecule has 0 aromatic carbocycles. The van der Waals surface area contributed by atoms with Gasteiger partial charge in [0.15, 0.2) is 6.10 Å². The lowest BCUT2D eigenvalue weighted by Crippen LogP contribution is -2.34. The van der Waals surface area contributed by atoms with Gasteiger partial charge in [-0.3, -0.25) is 0 Å². The van der Waals surface area contributed by atoms with E-state index in [2.05, 4.69) is 0 Å². The Balaban J connectivity index is 2.47. The van der Waals surface area contributed by atoms with Gasteiger partial charge in [-0.15, -0.1) is 0 Å². The van der Waals surface area contributed by atoms with Gasteiger partial charge in [-0.25, -0.2) is 4.79 Å². The molecule has 1 N–H and O–H groups in total. The molecule has 1 aliphatic rings. The summed E-state index contributed by atoms with van der Waals surface area (Å²) < 4.78 is 5.05. The van der Waals surface area contributed by atoms with E-state index in [1.807, 2.05) is 6.92 Å². The van der Waals surface area contributed by atoms with Crippen LogP contribution in [0, 0.1) is 5.92 Å². The molecule has 1 rings (SSSR count). The van der Waals surface area contributed by atoms with E-state index in [9.17, 15) is 4.79 Å².